The Balaban J connectivity index is 1.83. The van der Waals surface area contributed by atoms with E-state index in [1.807, 2.05) is 6.07 Å². The number of amides is 1. The summed E-state index contributed by atoms with van der Waals surface area (Å²) in [7, 11) is 1.56. The zero-order valence-corrected chi connectivity index (χ0v) is 15.7. The van der Waals surface area contributed by atoms with Gasteiger partial charge in [0, 0.05) is 17.3 Å². The summed E-state index contributed by atoms with van der Waals surface area (Å²) < 4.78 is 19.9. The molecule has 1 aliphatic heterocycles. The molecule has 5 nitrogen and oxygen atoms in total. The van der Waals surface area contributed by atoms with Crippen molar-refractivity contribution in [2.24, 2.45) is 0 Å². The number of nitrogens with zero attached hydrogens (tertiary/aromatic N) is 2. The van der Waals surface area contributed by atoms with Crippen molar-refractivity contribution >= 4 is 11.5 Å². The van der Waals surface area contributed by atoms with E-state index in [2.05, 4.69) is 4.98 Å². The monoisotopic (exact) mass is 390 g/mol. The standard InChI is InChI=1S/C23H19FN2O3/c1-29-17-11-9-15(10-12-17)20-21(18-7-2-3-8-19(18)24)26(23(28)22(20)27)14-16-6-4-5-13-25-16/h2-13,21,27H,14H2,1H3/t21-/m1/s1. The fraction of sp³-hybridized carbons (Fsp3) is 0.130. The van der Waals surface area contributed by atoms with Gasteiger partial charge in [0.1, 0.15) is 11.6 Å². The van der Waals surface area contributed by atoms with Crippen LogP contribution in [0.5, 0.6) is 5.75 Å². The van der Waals surface area contributed by atoms with Gasteiger partial charge in [-0.05, 0) is 35.9 Å². The van der Waals surface area contributed by atoms with Gasteiger partial charge in [-0.2, -0.15) is 0 Å². The molecule has 3 aromatic rings. The highest BCUT2D eigenvalue weighted by Crippen LogP contribution is 2.44. The Morgan fingerprint density at radius 2 is 1.79 bits per heavy atom. The Bertz CT molecular complexity index is 1060. The van der Waals surface area contributed by atoms with Gasteiger partial charge in [0.25, 0.3) is 5.91 Å². The molecule has 1 aliphatic rings. The van der Waals surface area contributed by atoms with Crippen LogP contribution in [0.15, 0.2) is 78.7 Å². The van der Waals surface area contributed by atoms with E-state index in [4.69, 9.17) is 4.74 Å². The number of carbonyl (C=O) groups is 1. The van der Waals surface area contributed by atoms with Gasteiger partial charge < -0.3 is 14.7 Å². The van der Waals surface area contributed by atoms with Gasteiger partial charge in [-0.15, -0.1) is 0 Å². The maximum atomic E-state index is 14.7. The lowest BCUT2D eigenvalue weighted by Crippen LogP contribution is -2.30. The predicted octanol–water partition coefficient (Wildman–Crippen LogP) is 4.28. The first-order valence-corrected chi connectivity index (χ1v) is 9.13. The molecule has 2 heterocycles. The molecule has 0 saturated heterocycles. The zero-order chi connectivity index (χ0) is 20.4. The summed E-state index contributed by atoms with van der Waals surface area (Å²) >= 11 is 0. The van der Waals surface area contributed by atoms with E-state index in [9.17, 15) is 14.3 Å². The quantitative estimate of drug-likeness (QED) is 0.706. The third kappa shape index (κ3) is 3.45. The number of ether oxygens (including phenoxy) is 1. The summed E-state index contributed by atoms with van der Waals surface area (Å²) in [6.45, 7) is 0.141. The Morgan fingerprint density at radius 3 is 2.45 bits per heavy atom. The first-order chi connectivity index (χ1) is 14.1. The number of aliphatic hydroxyl groups is 1. The topological polar surface area (TPSA) is 62.7 Å². The SMILES string of the molecule is COc1ccc(C2=C(O)C(=O)N(Cc3ccccn3)[C@@H]2c2ccccc2F)cc1. The Morgan fingerprint density at radius 1 is 1.07 bits per heavy atom. The number of carbonyl (C=O) groups excluding carboxylic acids is 1. The fourth-order valence-electron chi connectivity index (χ4n) is 3.57. The Kier molecular flexibility index (Phi) is 4.99. The number of rotatable bonds is 5. The zero-order valence-electron chi connectivity index (χ0n) is 15.7. The molecule has 0 saturated carbocycles. The van der Waals surface area contributed by atoms with Crippen molar-refractivity contribution in [3.05, 3.63) is 101 Å². The van der Waals surface area contributed by atoms with Crippen LogP contribution in [0.25, 0.3) is 5.57 Å². The Hall–Kier alpha value is -3.67. The van der Waals surface area contributed by atoms with E-state index in [0.29, 0.717) is 28.1 Å². The van der Waals surface area contributed by atoms with Gasteiger partial charge >= 0.3 is 0 Å². The van der Waals surface area contributed by atoms with Crippen molar-refractivity contribution in [2.45, 2.75) is 12.6 Å². The summed E-state index contributed by atoms with van der Waals surface area (Å²) in [6, 6.07) is 17.8. The van der Waals surface area contributed by atoms with Crippen molar-refractivity contribution in [2.75, 3.05) is 7.11 Å². The molecular weight excluding hydrogens is 371 g/mol. The molecule has 6 heteroatoms. The summed E-state index contributed by atoms with van der Waals surface area (Å²) in [5.41, 5.74) is 1.93. The molecule has 4 rings (SSSR count). The molecule has 1 aromatic heterocycles. The molecule has 0 spiro atoms. The smallest absolute Gasteiger partial charge is 0.290 e. The van der Waals surface area contributed by atoms with Crippen LogP contribution in [0.3, 0.4) is 0 Å². The minimum atomic E-state index is -0.779. The summed E-state index contributed by atoms with van der Waals surface area (Å²) in [5.74, 6) is -0.753. The second kappa shape index (κ2) is 7.75. The van der Waals surface area contributed by atoms with Crippen LogP contribution in [-0.2, 0) is 11.3 Å². The van der Waals surface area contributed by atoms with Crippen LogP contribution in [0.1, 0.15) is 22.9 Å². The van der Waals surface area contributed by atoms with Gasteiger partial charge in [0.15, 0.2) is 5.76 Å². The normalized spacial score (nSPS) is 16.4. The summed E-state index contributed by atoms with van der Waals surface area (Å²) in [5, 5.41) is 10.7. The molecule has 0 fully saturated rings. The molecule has 0 aliphatic carbocycles. The van der Waals surface area contributed by atoms with Gasteiger partial charge in [-0.3, -0.25) is 9.78 Å². The average Bonchev–Trinajstić information content (AvgIpc) is 3.00. The molecule has 1 atom stereocenters. The number of aliphatic hydroxyl groups excluding tert-OH is 1. The van der Waals surface area contributed by atoms with Crippen LogP contribution < -0.4 is 4.74 Å². The van der Waals surface area contributed by atoms with Crippen LogP contribution >= 0.6 is 0 Å². The van der Waals surface area contributed by atoms with Crippen molar-refractivity contribution in [3.63, 3.8) is 0 Å². The largest absolute Gasteiger partial charge is 0.503 e. The van der Waals surface area contributed by atoms with E-state index in [-0.39, 0.29) is 12.3 Å². The first kappa shape index (κ1) is 18.7. The maximum absolute atomic E-state index is 14.7. The third-order valence-corrected chi connectivity index (χ3v) is 4.96. The minimum Gasteiger partial charge on any atom is -0.503 e. The van der Waals surface area contributed by atoms with E-state index in [1.54, 1.807) is 67.9 Å². The molecule has 0 radical (unpaired) electrons. The number of benzene rings is 2. The molecule has 1 amide bonds. The van der Waals surface area contributed by atoms with Gasteiger partial charge in [-0.25, -0.2) is 4.39 Å². The average molecular weight is 390 g/mol. The summed E-state index contributed by atoms with van der Waals surface area (Å²) in [4.78, 5) is 18.7. The van der Waals surface area contributed by atoms with Crippen LogP contribution in [0, 0.1) is 5.82 Å². The highest BCUT2D eigenvalue weighted by atomic mass is 19.1. The number of halogens is 1. The first-order valence-electron chi connectivity index (χ1n) is 9.13. The fourth-order valence-corrected chi connectivity index (χ4v) is 3.57. The Labute approximate surface area is 167 Å². The lowest BCUT2D eigenvalue weighted by molar-refractivity contribution is -0.130. The van der Waals surface area contributed by atoms with Crippen molar-refractivity contribution < 1.29 is 19.0 Å². The van der Waals surface area contributed by atoms with E-state index in [1.165, 1.54) is 11.0 Å². The summed E-state index contributed by atoms with van der Waals surface area (Å²) in [6.07, 6.45) is 1.63. The molecule has 29 heavy (non-hydrogen) atoms. The second-order valence-corrected chi connectivity index (χ2v) is 6.67. The second-order valence-electron chi connectivity index (χ2n) is 6.67. The molecular formula is C23H19FN2O3. The highest BCUT2D eigenvalue weighted by Gasteiger charge is 2.42. The predicted molar refractivity (Wildman–Crippen MR) is 106 cm³/mol. The van der Waals surface area contributed by atoms with E-state index in [0.717, 1.165) is 0 Å². The van der Waals surface area contributed by atoms with Crippen LogP contribution in [-0.4, -0.2) is 28.0 Å². The minimum absolute atomic E-state index is 0.141. The van der Waals surface area contributed by atoms with Gasteiger partial charge in [-0.1, -0.05) is 36.4 Å². The van der Waals surface area contributed by atoms with Crippen LogP contribution in [0.2, 0.25) is 0 Å². The van der Waals surface area contributed by atoms with Gasteiger partial charge in [0.05, 0.1) is 25.4 Å². The highest BCUT2D eigenvalue weighted by molar-refractivity contribution is 6.05. The van der Waals surface area contributed by atoms with Crippen molar-refractivity contribution in [3.8, 4) is 5.75 Å². The molecule has 1 N–H and O–H groups in total. The maximum Gasteiger partial charge on any atom is 0.290 e. The van der Waals surface area contributed by atoms with E-state index < -0.39 is 17.8 Å². The lowest BCUT2D eigenvalue weighted by Gasteiger charge is -2.27. The number of hydrogen-bond donors (Lipinski definition) is 1. The third-order valence-electron chi connectivity index (χ3n) is 4.96. The van der Waals surface area contributed by atoms with Crippen molar-refractivity contribution in [1.82, 2.24) is 9.88 Å². The number of methoxy groups -OCH3 is 1. The number of hydrogen-bond acceptors (Lipinski definition) is 4. The molecule has 0 bridgehead atoms. The van der Waals surface area contributed by atoms with E-state index >= 15 is 0 Å². The van der Waals surface area contributed by atoms with Crippen molar-refractivity contribution in [1.29, 1.82) is 0 Å². The van der Waals surface area contributed by atoms with Crippen LogP contribution in [0.4, 0.5) is 4.39 Å². The number of pyridine rings is 1. The number of aromatic nitrogens is 1. The lowest BCUT2D eigenvalue weighted by atomic mass is 9.93. The molecule has 0 unspecified atom stereocenters. The van der Waals surface area contributed by atoms with Gasteiger partial charge in [0.2, 0.25) is 0 Å². The molecule has 146 valence electrons. The molecule has 2 aromatic carbocycles.